The van der Waals surface area contributed by atoms with Crippen LogP contribution in [0.5, 0.6) is 5.75 Å². The molecule has 0 heterocycles. The smallest absolute Gasteiger partial charge is 0.305 e. The summed E-state index contributed by atoms with van der Waals surface area (Å²) in [7, 11) is 1.62. The number of amides is 1. The normalized spacial score (nSPS) is 17.5. The summed E-state index contributed by atoms with van der Waals surface area (Å²) >= 11 is 0. The number of carbonyl (C=O) groups is 2. The highest BCUT2D eigenvalue weighted by Crippen LogP contribution is 2.33. The van der Waals surface area contributed by atoms with E-state index in [9.17, 15) is 9.59 Å². The number of ether oxygens (including phenoxy) is 1. The van der Waals surface area contributed by atoms with E-state index in [1.165, 1.54) is 0 Å². The number of rotatable bonds is 7. The predicted octanol–water partition coefficient (Wildman–Crippen LogP) is 2.78. The number of methoxy groups -OCH3 is 1. The molecule has 2 rings (SSSR count). The average molecular weight is 319 g/mol. The van der Waals surface area contributed by atoms with Crippen LogP contribution in [0.4, 0.5) is 0 Å². The Morgan fingerprint density at radius 2 is 1.87 bits per heavy atom. The minimum absolute atomic E-state index is 0.00793. The summed E-state index contributed by atoms with van der Waals surface area (Å²) in [6.07, 6.45) is 4.08. The van der Waals surface area contributed by atoms with Gasteiger partial charge < -0.3 is 15.2 Å². The first-order chi connectivity index (χ1) is 10.9. The Kier molecular flexibility index (Phi) is 5.64. The molecule has 1 fully saturated rings. The fourth-order valence-corrected chi connectivity index (χ4v) is 3.28. The molecule has 0 aliphatic heterocycles. The van der Waals surface area contributed by atoms with Crippen molar-refractivity contribution in [1.29, 1.82) is 0 Å². The highest BCUT2D eigenvalue weighted by atomic mass is 16.5. The van der Waals surface area contributed by atoms with Crippen molar-refractivity contribution in [2.45, 2.75) is 51.0 Å². The monoisotopic (exact) mass is 319 g/mol. The molecule has 0 aromatic heterocycles. The molecule has 1 aliphatic rings. The van der Waals surface area contributed by atoms with Gasteiger partial charge in [0.15, 0.2) is 0 Å². The zero-order chi connectivity index (χ0) is 16.9. The second-order valence-electron chi connectivity index (χ2n) is 6.50. The molecule has 2 N–H and O–H groups in total. The van der Waals surface area contributed by atoms with Gasteiger partial charge in [0.2, 0.25) is 5.91 Å². The van der Waals surface area contributed by atoms with Crippen LogP contribution in [-0.4, -0.2) is 29.6 Å². The quantitative estimate of drug-likeness (QED) is 0.810. The summed E-state index contributed by atoms with van der Waals surface area (Å²) in [5.74, 6) is -0.328. The van der Waals surface area contributed by atoms with E-state index in [4.69, 9.17) is 9.84 Å². The molecule has 1 aliphatic carbocycles. The Balaban J connectivity index is 1.96. The molecule has 1 saturated carbocycles. The van der Waals surface area contributed by atoms with E-state index in [2.05, 4.69) is 5.32 Å². The lowest BCUT2D eigenvalue weighted by Crippen LogP contribution is -2.49. The molecule has 5 nitrogen and oxygen atoms in total. The Labute approximate surface area is 137 Å². The first kappa shape index (κ1) is 17.3. The molecule has 1 aromatic carbocycles. The second kappa shape index (κ2) is 7.49. The number of carbonyl (C=O) groups excluding carboxylic acids is 1. The van der Waals surface area contributed by atoms with E-state index in [0.717, 1.165) is 37.0 Å². The first-order valence-electron chi connectivity index (χ1n) is 8.11. The van der Waals surface area contributed by atoms with Gasteiger partial charge >= 0.3 is 5.97 Å². The van der Waals surface area contributed by atoms with E-state index < -0.39 is 11.5 Å². The maximum Gasteiger partial charge on any atom is 0.305 e. The third-order valence-corrected chi connectivity index (χ3v) is 4.59. The minimum atomic E-state index is -0.852. The Morgan fingerprint density at radius 3 is 2.39 bits per heavy atom. The molecule has 5 heteroatoms. The van der Waals surface area contributed by atoms with Crippen molar-refractivity contribution < 1.29 is 19.4 Å². The molecule has 1 atom stereocenters. The first-order valence-corrected chi connectivity index (χ1v) is 8.11. The van der Waals surface area contributed by atoms with E-state index in [1.807, 2.05) is 31.2 Å². The van der Waals surface area contributed by atoms with E-state index >= 15 is 0 Å². The molecular weight excluding hydrogens is 294 g/mol. The fraction of sp³-hybridized carbons (Fsp3) is 0.556. The van der Waals surface area contributed by atoms with Gasteiger partial charge in [0.05, 0.1) is 19.1 Å². The summed E-state index contributed by atoms with van der Waals surface area (Å²) in [6, 6.07) is 7.65. The van der Waals surface area contributed by atoms with E-state index in [0.29, 0.717) is 6.42 Å². The van der Waals surface area contributed by atoms with E-state index in [1.54, 1.807) is 7.11 Å². The number of hydrogen-bond acceptors (Lipinski definition) is 3. The Morgan fingerprint density at radius 1 is 1.26 bits per heavy atom. The topological polar surface area (TPSA) is 75.6 Å². The van der Waals surface area contributed by atoms with Gasteiger partial charge in [0.1, 0.15) is 5.75 Å². The molecule has 23 heavy (non-hydrogen) atoms. The highest BCUT2D eigenvalue weighted by Gasteiger charge is 2.38. The van der Waals surface area contributed by atoms with Crippen LogP contribution in [0.25, 0.3) is 0 Å². The summed E-state index contributed by atoms with van der Waals surface area (Å²) in [6.45, 7) is 1.88. The summed E-state index contributed by atoms with van der Waals surface area (Å²) in [5, 5.41) is 12.1. The van der Waals surface area contributed by atoms with Crippen molar-refractivity contribution in [3.8, 4) is 5.75 Å². The van der Waals surface area contributed by atoms with Crippen molar-refractivity contribution in [3.63, 3.8) is 0 Å². The van der Waals surface area contributed by atoms with Crippen molar-refractivity contribution in [2.24, 2.45) is 5.92 Å². The summed E-state index contributed by atoms with van der Waals surface area (Å²) < 4.78 is 5.13. The number of benzene rings is 1. The summed E-state index contributed by atoms with van der Waals surface area (Å²) in [5.41, 5.74) is 0.504. The number of nitrogens with one attached hydrogen (secondary N) is 1. The zero-order valence-electron chi connectivity index (χ0n) is 13.8. The van der Waals surface area contributed by atoms with Crippen LogP contribution in [0.3, 0.4) is 0 Å². The van der Waals surface area contributed by atoms with Crippen molar-refractivity contribution in [2.75, 3.05) is 7.11 Å². The Bertz CT molecular complexity index is 547. The average Bonchev–Trinajstić information content (AvgIpc) is 2.95. The zero-order valence-corrected chi connectivity index (χ0v) is 13.8. The van der Waals surface area contributed by atoms with Crippen LogP contribution in [-0.2, 0) is 16.0 Å². The third kappa shape index (κ3) is 4.71. The fourth-order valence-electron chi connectivity index (χ4n) is 3.28. The van der Waals surface area contributed by atoms with Crippen LogP contribution < -0.4 is 10.1 Å². The Hall–Kier alpha value is -2.04. The number of hydrogen-bond donors (Lipinski definition) is 2. The van der Waals surface area contributed by atoms with Gasteiger partial charge in [-0.15, -0.1) is 0 Å². The number of carboxylic acid groups (broad SMARTS) is 1. The van der Waals surface area contributed by atoms with Crippen LogP contribution in [0, 0.1) is 5.92 Å². The largest absolute Gasteiger partial charge is 0.497 e. The lowest BCUT2D eigenvalue weighted by atomic mass is 9.91. The predicted molar refractivity (Wildman–Crippen MR) is 87.5 cm³/mol. The molecule has 1 aromatic rings. The van der Waals surface area contributed by atoms with Crippen LogP contribution >= 0.6 is 0 Å². The minimum Gasteiger partial charge on any atom is -0.497 e. The maximum absolute atomic E-state index is 12.5. The maximum atomic E-state index is 12.5. The van der Waals surface area contributed by atoms with Gasteiger partial charge in [-0.1, -0.05) is 31.9 Å². The van der Waals surface area contributed by atoms with E-state index in [-0.39, 0.29) is 18.2 Å². The van der Waals surface area contributed by atoms with Crippen LogP contribution in [0.15, 0.2) is 24.3 Å². The van der Waals surface area contributed by atoms with Gasteiger partial charge in [-0.05, 0) is 37.0 Å². The summed E-state index contributed by atoms with van der Waals surface area (Å²) in [4.78, 5) is 23.6. The molecule has 1 unspecified atom stereocenters. The molecule has 0 radical (unpaired) electrons. The SMILES string of the molecule is COc1ccc(CC(C)C(=O)NC2(CC(=O)O)CCCC2)cc1. The third-order valence-electron chi connectivity index (χ3n) is 4.59. The number of carboxylic acids is 1. The van der Waals surface area contributed by atoms with Gasteiger partial charge in [0.25, 0.3) is 0 Å². The lowest BCUT2D eigenvalue weighted by Gasteiger charge is -2.30. The standard InChI is InChI=1S/C18H25NO4/c1-13(11-14-5-7-15(23-2)8-6-14)17(22)19-18(12-16(20)21)9-3-4-10-18/h5-8,13H,3-4,9-12H2,1-2H3,(H,19,22)(H,20,21). The molecule has 0 spiro atoms. The van der Waals surface area contributed by atoms with Crippen LogP contribution in [0.1, 0.15) is 44.6 Å². The lowest BCUT2D eigenvalue weighted by molar-refractivity contribution is -0.139. The molecule has 0 bridgehead atoms. The van der Waals surface area contributed by atoms with Gasteiger partial charge in [0, 0.05) is 5.92 Å². The van der Waals surface area contributed by atoms with Gasteiger partial charge in [-0.2, -0.15) is 0 Å². The van der Waals surface area contributed by atoms with Gasteiger partial charge in [-0.3, -0.25) is 9.59 Å². The molecule has 0 saturated heterocycles. The van der Waals surface area contributed by atoms with Gasteiger partial charge in [-0.25, -0.2) is 0 Å². The second-order valence-corrected chi connectivity index (χ2v) is 6.50. The van der Waals surface area contributed by atoms with Crippen molar-refractivity contribution in [3.05, 3.63) is 29.8 Å². The molecule has 126 valence electrons. The number of aliphatic carboxylic acids is 1. The highest BCUT2D eigenvalue weighted by molar-refractivity contribution is 5.80. The molecular formula is C18H25NO4. The van der Waals surface area contributed by atoms with Crippen molar-refractivity contribution in [1.82, 2.24) is 5.32 Å². The van der Waals surface area contributed by atoms with Crippen molar-refractivity contribution >= 4 is 11.9 Å². The molecule has 1 amide bonds. The van der Waals surface area contributed by atoms with Crippen LogP contribution in [0.2, 0.25) is 0 Å².